The molecule has 0 aliphatic rings. The largest absolute Gasteiger partial charge is 0.493 e. The van der Waals surface area contributed by atoms with E-state index in [1.54, 1.807) is 13.2 Å². The minimum Gasteiger partial charge on any atom is -0.493 e. The van der Waals surface area contributed by atoms with Crippen molar-refractivity contribution in [2.45, 2.75) is 32.6 Å². The van der Waals surface area contributed by atoms with Gasteiger partial charge in [-0.05, 0) is 18.6 Å². The van der Waals surface area contributed by atoms with Gasteiger partial charge in [0.25, 0.3) is 0 Å². The Bertz CT molecular complexity index is 313. The van der Waals surface area contributed by atoms with Gasteiger partial charge in [-0.1, -0.05) is 26.2 Å². The van der Waals surface area contributed by atoms with Gasteiger partial charge in [-0.25, -0.2) is 0 Å². The number of ether oxygens (including phenoxy) is 2. The summed E-state index contributed by atoms with van der Waals surface area (Å²) < 4.78 is 10.8. The molecule has 90 valence electrons. The van der Waals surface area contributed by atoms with E-state index in [1.165, 1.54) is 19.3 Å². The normalized spacial score (nSPS) is 10.1. The molecule has 0 spiro atoms. The highest BCUT2D eigenvalue weighted by molar-refractivity contribution is 5.51. The van der Waals surface area contributed by atoms with Crippen molar-refractivity contribution in [2.75, 3.05) is 19.5 Å². The standard InChI is InChI=1S/C13H21NO2/c1-3-4-5-6-9-16-12-8-7-11(14)10-13(12)15-2/h7-8,10H,3-6,9,14H2,1-2H3. The van der Waals surface area contributed by atoms with Crippen LogP contribution in [0.3, 0.4) is 0 Å². The smallest absolute Gasteiger partial charge is 0.162 e. The zero-order valence-corrected chi connectivity index (χ0v) is 10.2. The molecular formula is C13H21NO2. The number of hydrogen-bond donors (Lipinski definition) is 1. The van der Waals surface area contributed by atoms with Crippen LogP contribution in [0.1, 0.15) is 32.6 Å². The minimum atomic E-state index is 0.690. The van der Waals surface area contributed by atoms with Gasteiger partial charge in [0.15, 0.2) is 11.5 Å². The Labute approximate surface area is 97.6 Å². The van der Waals surface area contributed by atoms with Crippen molar-refractivity contribution in [1.29, 1.82) is 0 Å². The number of nitrogens with two attached hydrogens (primary N) is 1. The van der Waals surface area contributed by atoms with Gasteiger partial charge in [0.1, 0.15) is 0 Å². The topological polar surface area (TPSA) is 44.5 Å². The Morgan fingerprint density at radius 3 is 2.62 bits per heavy atom. The van der Waals surface area contributed by atoms with Crippen LogP contribution in [0, 0.1) is 0 Å². The fraction of sp³-hybridized carbons (Fsp3) is 0.538. The molecule has 0 amide bonds. The van der Waals surface area contributed by atoms with Crippen molar-refractivity contribution in [2.24, 2.45) is 0 Å². The Morgan fingerprint density at radius 1 is 1.12 bits per heavy atom. The number of hydrogen-bond acceptors (Lipinski definition) is 3. The first-order valence-corrected chi connectivity index (χ1v) is 5.84. The van der Waals surface area contributed by atoms with Crippen LogP contribution in [0.15, 0.2) is 18.2 Å². The predicted molar refractivity (Wildman–Crippen MR) is 67.0 cm³/mol. The molecule has 3 heteroatoms. The third kappa shape index (κ3) is 4.01. The van der Waals surface area contributed by atoms with Crippen molar-refractivity contribution in [3.63, 3.8) is 0 Å². The Balaban J connectivity index is 2.41. The zero-order valence-electron chi connectivity index (χ0n) is 10.2. The first-order chi connectivity index (χ1) is 7.77. The van der Waals surface area contributed by atoms with Crippen molar-refractivity contribution in [3.8, 4) is 11.5 Å². The summed E-state index contributed by atoms with van der Waals surface area (Å²) in [4.78, 5) is 0. The van der Waals surface area contributed by atoms with Crippen LogP contribution < -0.4 is 15.2 Å². The van der Waals surface area contributed by atoms with E-state index in [1.807, 2.05) is 12.1 Å². The van der Waals surface area contributed by atoms with Gasteiger partial charge in [-0.2, -0.15) is 0 Å². The van der Waals surface area contributed by atoms with Crippen LogP contribution in [0.25, 0.3) is 0 Å². The van der Waals surface area contributed by atoms with E-state index in [0.717, 1.165) is 18.8 Å². The van der Waals surface area contributed by atoms with Gasteiger partial charge < -0.3 is 15.2 Å². The average Bonchev–Trinajstić information content (AvgIpc) is 2.30. The third-order valence-corrected chi connectivity index (χ3v) is 2.44. The summed E-state index contributed by atoms with van der Waals surface area (Å²) in [6.45, 7) is 2.93. The zero-order chi connectivity index (χ0) is 11.8. The summed E-state index contributed by atoms with van der Waals surface area (Å²) in [5, 5.41) is 0. The monoisotopic (exact) mass is 223 g/mol. The molecule has 3 nitrogen and oxygen atoms in total. The van der Waals surface area contributed by atoms with Gasteiger partial charge in [0, 0.05) is 11.8 Å². The molecule has 0 atom stereocenters. The molecule has 0 aliphatic heterocycles. The molecule has 2 N–H and O–H groups in total. The predicted octanol–water partition coefficient (Wildman–Crippen LogP) is 3.24. The minimum absolute atomic E-state index is 0.690. The molecule has 16 heavy (non-hydrogen) atoms. The molecule has 1 aromatic carbocycles. The molecule has 0 saturated heterocycles. The van der Waals surface area contributed by atoms with Gasteiger partial charge in [0.05, 0.1) is 13.7 Å². The SMILES string of the molecule is CCCCCCOc1ccc(N)cc1OC. The van der Waals surface area contributed by atoms with Gasteiger partial charge in [0.2, 0.25) is 0 Å². The molecule has 0 unspecified atom stereocenters. The van der Waals surface area contributed by atoms with Crippen LogP contribution in [-0.2, 0) is 0 Å². The molecule has 0 aromatic heterocycles. The van der Waals surface area contributed by atoms with E-state index in [2.05, 4.69) is 6.92 Å². The van der Waals surface area contributed by atoms with Gasteiger partial charge in [-0.15, -0.1) is 0 Å². The van der Waals surface area contributed by atoms with Crippen molar-refractivity contribution >= 4 is 5.69 Å². The van der Waals surface area contributed by atoms with Gasteiger partial charge >= 0.3 is 0 Å². The number of methoxy groups -OCH3 is 1. The second kappa shape index (κ2) is 6.99. The summed E-state index contributed by atoms with van der Waals surface area (Å²) in [7, 11) is 1.62. The second-order valence-corrected chi connectivity index (χ2v) is 3.82. The molecule has 0 fully saturated rings. The highest BCUT2D eigenvalue weighted by Gasteiger charge is 2.03. The summed E-state index contributed by atoms with van der Waals surface area (Å²) in [5.41, 5.74) is 6.35. The lowest BCUT2D eigenvalue weighted by atomic mass is 10.2. The van der Waals surface area contributed by atoms with Crippen LogP contribution in [0.2, 0.25) is 0 Å². The van der Waals surface area contributed by atoms with E-state index < -0.39 is 0 Å². The molecular weight excluding hydrogens is 202 g/mol. The molecule has 0 radical (unpaired) electrons. The van der Waals surface area contributed by atoms with E-state index in [9.17, 15) is 0 Å². The van der Waals surface area contributed by atoms with Crippen LogP contribution in [-0.4, -0.2) is 13.7 Å². The summed E-state index contributed by atoms with van der Waals surface area (Å²) in [6.07, 6.45) is 4.81. The maximum Gasteiger partial charge on any atom is 0.162 e. The second-order valence-electron chi connectivity index (χ2n) is 3.82. The quantitative estimate of drug-likeness (QED) is 0.570. The molecule has 0 heterocycles. The van der Waals surface area contributed by atoms with Crippen LogP contribution in [0.4, 0.5) is 5.69 Å². The van der Waals surface area contributed by atoms with Crippen molar-refractivity contribution in [1.82, 2.24) is 0 Å². The van der Waals surface area contributed by atoms with Gasteiger partial charge in [-0.3, -0.25) is 0 Å². The maximum atomic E-state index is 5.66. The summed E-state index contributed by atoms with van der Waals surface area (Å²) in [6, 6.07) is 5.46. The fourth-order valence-electron chi connectivity index (χ4n) is 1.51. The number of anilines is 1. The maximum absolute atomic E-state index is 5.66. The molecule has 0 aliphatic carbocycles. The molecule has 1 aromatic rings. The fourth-order valence-corrected chi connectivity index (χ4v) is 1.51. The van der Waals surface area contributed by atoms with Crippen molar-refractivity contribution in [3.05, 3.63) is 18.2 Å². The molecule has 0 saturated carbocycles. The van der Waals surface area contributed by atoms with E-state index in [-0.39, 0.29) is 0 Å². The number of unbranched alkanes of at least 4 members (excludes halogenated alkanes) is 3. The lowest BCUT2D eigenvalue weighted by Crippen LogP contribution is -2.00. The third-order valence-electron chi connectivity index (χ3n) is 2.44. The number of rotatable bonds is 7. The van der Waals surface area contributed by atoms with E-state index in [0.29, 0.717) is 11.4 Å². The van der Waals surface area contributed by atoms with E-state index >= 15 is 0 Å². The van der Waals surface area contributed by atoms with E-state index in [4.69, 9.17) is 15.2 Å². The lowest BCUT2D eigenvalue weighted by Gasteiger charge is -2.10. The first-order valence-electron chi connectivity index (χ1n) is 5.84. The Morgan fingerprint density at radius 2 is 1.94 bits per heavy atom. The Hall–Kier alpha value is -1.38. The Kier molecular flexibility index (Phi) is 5.54. The highest BCUT2D eigenvalue weighted by Crippen LogP contribution is 2.29. The molecule has 0 bridgehead atoms. The first kappa shape index (κ1) is 12.7. The summed E-state index contributed by atoms with van der Waals surface area (Å²) >= 11 is 0. The van der Waals surface area contributed by atoms with Crippen LogP contribution in [0.5, 0.6) is 11.5 Å². The molecule has 1 rings (SSSR count). The highest BCUT2D eigenvalue weighted by atomic mass is 16.5. The van der Waals surface area contributed by atoms with Crippen LogP contribution >= 0.6 is 0 Å². The number of nitrogen functional groups attached to an aromatic ring is 1. The average molecular weight is 223 g/mol. The lowest BCUT2D eigenvalue weighted by molar-refractivity contribution is 0.285. The summed E-state index contributed by atoms with van der Waals surface area (Å²) in [5.74, 6) is 1.48. The van der Waals surface area contributed by atoms with Crippen molar-refractivity contribution < 1.29 is 9.47 Å². The number of benzene rings is 1.